The van der Waals surface area contributed by atoms with Gasteiger partial charge in [-0.25, -0.2) is 4.79 Å². The molecule has 0 heterocycles. The number of amides is 1. The second-order valence-electron chi connectivity index (χ2n) is 2.37. The molecule has 0 unspecified atom stereocenters. The number of alkyl carbamates (subject to hydrolysis) is 1. The van der Waals surface area contributed by atoms with Gasteiger partial charge in [0.1, 0.15) is 0 Å². The van der Waals surface area contributed by atoms with Gasteiger partial charge in [-0.3, -0.25) is 0 Å². The smallest absolute Gasteiger partial charge is 0.624 e. The van der Waals surface area contributed by atoms with Gasteiger partial charge in [-0.1, -0.05) is 0 Å². The molecule has 15 heavy (non-hydrogen) atoms. The Bertz CT molecular complexity index is 149. The minimum absolute atomic E-state index is 0. The molecule has 84 valence electrons. The summed E-state index contributed by atoms with van der Waals surface area (Å²) in [6, 6.07) is 0. The molecule has 0 aliphatic carbocycles. The molecule has 1 amide bonds. The molecule has 0 aliphatic rings. The van der Waals surface area contributed by atoms with Gasteiger partial charge in [0.25, 0.3) is 0 Å². The zero-order chi connectivity index (χ0) is 10.6. The summed E-state index contributed by atoms with van der Waals surface area (Å²) >= 11 is 0. The van der Waals surface area contributed by atoms with E-state index in [2.05, 4.69) is 17.2 Å². The molecule has 0 fully saturated rings. The van der Waals surface area contributed by atoms with Crippen LogP contribution >= 0.6 is 0 Å². The van der Waals surface area contributed by atoms with Crippen molar-refractivity contribution in [2.75, 3.05) is 39.5 Å². The molecular formula is C8H17CsN2O4. The Morgan fingerprint density at radius 1 is 1.20 bits per heavy atom. The quantitative estimate of drug-likeness (QED) is 0.355. The topological polar surface area (TPSA) is 82.8 Å². The zero-order valence-electron chi connectivity index (χ0n) is 9.16. The van der Waals surface area contributed by atoms with Crippen molar-refractivity contribution in [2.45, 2.75) is 0 Å². The van der Waals surface area contributed by atoms with E-state index in [1.165, 1.54) is 0 Å². The molecule has 0 aliphatic heterocycles. The number of carbonyl (C=O) groups is 1. The monoisotopic (exact) mass is 338 g/mol. The Morgan fingerprint density at radius 2 is 1.80 bits per heavy atom. The van der Waals surface area contributed by atoms with Crippen LogP contribution in [0.3, 0.4) is 0 Å². The SMILES string of the molecule is [CH2-]OC(=O)NCCOCCOCCN.[Cs+]. The summed E-state index contributed by atoms with van der Waals surface area (Å²) in [7, 11) is 2.95. The Labute approximate surface area is 149 Å². The molecule has 0 saturated carbocycles. The molecular weight excluding hydrogens is 321 g/mol. The maximum Gasteiger partial charge on any atom is 1.00 e. The van der Waals surface area contributed by atoms with E-state index in [0.29, 0.717) is 39.5 Å². The van der Waals surface area contributed by atoms with Crippen molar-refractivity contribution in [3.63, 3.8) is 0 Å². The van der Waals surface area contributed by atoms with Gasteiger partial charge >= 0.3 is 75.0 Å². The van der Waals surface area contributed by atoms with Crippen molar-refractivity contribution in [1.82, 2.24) is 5.32 Å². The van der Waals surface area contributed by atoms with Gasteiger partial charge in [-0.2, -0.15) is 7.11 Å². The van der Waals surface area contributed by atoms with Crippen molar-refractivity contribution in [3.05, 3.63) is 7.11 Å². The van der Waals surface area contributed by atoms with E-state index < -0.39 is 6.09 Å². The summed E-state index contributed by atoms with van der Waals surface area (Å²) < 4.78 is 14.3. The molecule has 0 atom stereocenters. The minimum Gasteiger partial charge on any atom is -0.624 e. The van der Waals surface area contributed by atoms with Gasteiger partial charge < -0.3 is 25.3 Å². The third-order valence-electron chi connectivity index (χ3n) is 1.28. The predicted molar refractivity (Wildman–Crippen MR) is 50.5 cm³/mol. The van der Waals surface area contributed by atoms with Crippen molar-refractivity contribution in [3.8, 4) is 0 Å². The Morgan fingerprint density at radius 3 is 2.33 bits per heavy atom. The van der Waals surface area contributed by atoms with Crippen molar-refractivity contribution in [1.29, 1.82) is 0 Å². The summed E-state index contributed by atoms with van der Waals surface area (Å²) in [6.07, 6.45) is -0.562. The van der Waals surface area contributed by atoms with Gasteiger partial charge in [0.2, 0.25) is 0 Å². The molecule has 0 radical (unpaired) electrons. The van der Waals surface area contributed by atoms with E-state index >= 15 is 0 Å². The van der Waals surface area contributed by atoms with Crippen molar-refractivity contribution >= 4 is 6.09 Å². The third-order valence-corrected chi connectivity index (χ3v) is 1.28. The Hall–Kier alpha value is 1.20. The van der Waals surface area contributed by atoms with E-state index in [1.54, 1.807) is 0 Å². The van der Waals surface area contributed by atoms with Crippen molar-refractivity contribution < 1.29 is 87.9 Å². The number of nitrogens with one attached hydrogen (secondary N) is 1. The molecule has 7 heteroatoms. The summed E-state index contributed by atoms with van der Waals surface area (Å²) in [5.74, 6) is 0. The number of hydrogen-bond donors (Lipinski definition) is 2. The maximum absolute atomic E-state index is 10.5. The van der Waals surface area contributed by atoms with Crippen LogP contribution in [0, 0.1) is 7.11 Å². The van der Waals surface area contributed by atoms with Crippen LogP contribution < -0.4 is 79.9 Å². The predicted octanol–water partition coefficient (Wildman–Crippen LogP) is -3.50. The molecule has 0 rings (SSSR count). The van der Waals surface area contributed by atoms with Gasteiger partial charge in [0.15, 0.2) is 0 Å². The number of ether oxygens (including phenoxy) is 3. The second-order valence-corrected chi connectivity index (χ2v) is 2.37. The zero-order valence-corrected chi connectivity index (χ0v) is 15.4. The van der Waals surface area contributed by atoms with Crippen LogP contribution in [0.4, 0.5) is 4.79 Å². The first kappa shape index (κ1) is 18.6. The van der Waals surface area contributed by atoms with Crippen LogP contribution in [-0.2, 0) is 14.2 Å². The largest absolute Gasteiger partial charge is 1.00 e. The summed E-state index contributed by atoms with van der Waals surface area (Å²) in [5, 5.41) is 2.42. The minimum atomic E-state index is -0.562. The molecule has 0 aromatic carbocycles. The molecule has 0 aromatic rings. The van der Waals surface area contributed by atoms with E-state index in [4.69, 9.17) is 15.2 Å². The van der Waals surface area contributed by atoms with Crippen LogP contribution in [0.15, 0.2) is 0 Å². The molecule has 0 spiro atoms. The third kappa shape index (κ3) is 15.2. The summed E-state index contributed by atoms with van der Waals surface area (Å²) in [5.41, 5.74) is 5.21. The average Bonchev–Trinajstić information content (AvgIpc) is 2.21. The number of nitrogens with two attached hydrogens (primary N) is 1. The van der Waals surface area contributed by atoms with Crippen molar-refractivity contribution in [2.24, 2.45) is 5.73 Å². The summed E-state index contributed by atoms with van der Waals surface area (Å²) in [4.78, 5) is 10.5. The first-order valence-corrected chi connectivity index (χ1v) is 4.36. The number of carbonyl (C=O) groups excluding carboxylic acids is 1. The molecule has 0 saturated heterocycles. The average molecular weight is 338 g/mol. The first-order valence-electron chi connectivity index (χ1n) is 4.36. The number of hydrogen-bond acceptors (Lipinski definition) is 5. The van der Waals surface area contributed by atoms with E-state index in [9.17, 15) is 4.79 Å². The second kappa shape index (κ2) is 15.2. The van der Waals surface area contributed by atoms with E-state index in [0.717, 1.165) is 0 Å². The van der Waals surface area contributed by atoms with Gasteiger partial charge in [0.05, 0.1) is 26.4 Å². The molecule has 3 N–H and O–H groups in total. The standard InChI is InChI=1S/C8H17N2O4.Cs/c1-12-8(11)10-3-5-14-7-6-13-4-2-9;/h1-7,9H2,(H,10,11);/q-1;+1. The first-order chi connectivity index (χ1) is 6.81. The van der Waals surface area contributed by atoms with Crippen LogP contribution in [0.5, 0.6) is 0 Å². The Balaban J connectivity index is 0. The van der Waals surface area contributed by atoms with Gasteiger partial charge in [-0.05, 0) is 0 Å². The fraction of sp³-hybridized carbons (Fsp3) is 0.750. The fourth-order valence-electron chi connectivity index (χ4n) is 0.682. The normalized spacial score (nSPS) is 9.20. The van der Waals surface area contributed by atoms with Gasteiger partial charge in [-0.15, -0.1) is 0 Å². The molecule has 6 nitrogen and oxygen atoms in total. The Kier molecular flexibility index (Phi) is 18.8. The van der Waals surface area contributed by atoms with E-state index in [1.807, 2.05) is 0 Å². The van der Waals surface area contributed by atoms with Crippen LogP contribution in [0.25, 0.3) is 0 Å². The summed E-state index contributed by atoms with van der Waals surface area (Å²) in [6.45, 7) is 2.86. The van der Waals surface area contributed by atoms with Crippen LogP contribution in [0.2, 0.25) is 0 Å². The molecule has 0 aromatic heterocycles. The van der Waals surface area contributed by atoms with Crippen LogP contribution in [-0.4, -0.2) is 45.6 Å². The van der Waals surface area contributed by atoms with Gasteiger partial charge in [0, 0.05) is 13.1 Å². The molecule has 0 bridgehead atoms. The maximum atomic E-state index is 10.5. The fourth-order valence-corrected chi connectivity index (χ4v) is 0.682. The van der Waals surface area contributed by atoms with E-state index in [-0.39, 0.29) is 68.9 Å². The number of rotatable bonds is 8. The van der Waals surface area contributed by atoms with Crippen LogP contribution in [0.1, 0.15) is 0 Å².